The molecular weight excluding hydrogens is 380 g/mol. The molecule has 1 amide bonds. The van der Waals surface area contributed by atoms with Crippen LogP contribution in [0.2, 0.25) is 0 Å². The van der Waals surface area contributed by atoms with Gasteiger partial charge in [-0.2, -0.15) is 0 Å². The lowest BCUT2D eigenvalue weighted by Crippen LogP contribution is -2.13. The Bertz CT molecular complexity index is 938. The first-order valence-corrected chi connectivity index (χ1v) is 10.7. The van der Waals surface area contributed by atoms with Gasteiger partial charge in [-0.15, -0.1) is 11.3 Å². The van der Waals surface area contributed by atoms with Crippen molar-refractivity contribution in [1.29, 1.82) is 0 Å². The van der Waals surface area contributed by atoms with Gasteiger partial charge in [0, 0.05) is 23.1 Å². The number of carbonyl (C=O) groups excluding carboxylic acids is 1. The smallest absolute Gasteiger partial charge is 0.224 e. The van der Waals surface area contributed by atoms with Gasteiger partial charge >= 0.3 is 0 Å². The molecule has 4 nitrogen and oxygen atoms in total. The van der Waals surface area contributed by atoms with Crippen molar-refractivity contribution in [2.45, 2.75) is 46.0 Å². The first-order valence-electron chi connectivity index (χ1n) is 9.87. The Labute approximate surface area is 177 Å². The summed E-state index contributed by atoms with van der Waals surface area (Å²) in [6.45, 7) is 9.08. The van der Waals surface area contributed by atoms with E-state index in [0.29, 0.717) is 19.4 Å². The van der Waals surface area contributed by atoms with E-state index in [0.717, 1.165) is 27.7 Å². The molecule has 0 aliphatic rings. The molecule has 0 fully saturated rings. The van der Waals surface area contributed by atoms with Crippen LogP contribution in [0.15, 0.2) is 53.9 Å². The lowest BCUT2D eigenvalue weighted by molar-refractivity contribution is -0.116. The zero-order valence-corrected chi connectivity index (χ0v) is 18.3. The normalized spacial score (nSPS) is 11.3. The van der Waals surface area contributed by atoms with Gasteiger partial charge in [-0.1, -0.05) is 45.0 Å². The molecule has 0 radical (unpaired) electrons. The van der Waals surface area contributed by atoms with Gasteiger partial charge in [0.25, 0.3) is 0 Å². The van der Waals surface area contributed by atoms with E-state index in [1.54, 1.807) is 11.3 Å². The Kier molecular flexibility index (Phi) is 6.70. The minimum atomic E-state index is -0.00562. The molecule has 1 N–H and O–H groups in total. The minimum Gasteiger partial charge on any atom is -0.494 e. The highest BCUT2D eigenvalue weighted by atomic mass is 32.1. The van der Waals surface area contributed by atoms with Crippen molar-refractivity contribution in [1.82, 2.24) is 4.98 Å². The Morgan fingerprint density at radius 3 is 2.34 bits per heavy atom. The summed E-state index contributed by atoms with van der Waals surface area (Å²) in [5.74, 6) is 0.834. The van der Waals surface area contributed by atoms with E-state index < -0.39 is 0 Å². The topological polar surface area (TPSA) is 51.2 Å². The van der Waals surface area contributed by atoms with E-state index in [2.05, 4.69) is 43.2 Å². The van der Waals surface area contributed by atoms with E-state index in [9.17, 15) is 4.79 Å². The third kappa shape index (κ3) is 6.16. The highest BCUT2D eigenvalue weighted by Gasteiger charge is 2.13. The van der Waals surface area contributed by atoms with Crippen molar-refractivity contribution in [3.63, 3.8) is 0 Å². The average Bonchev–Trinajstić information content (AvgIpc) is 3.12. The third-order valence-electron chi connectivity index (χ3n) is 4.62. The van der Waals surface area contributed by atoms with E-state index in [4.69, 9.17) is 4.74 Å². The van der Waals surface area contributed by atoms with Gasteiger partial charge < -0.3 is 10.1 Å². The number of hydrogen-bond acceptors (Lipinski definition) is 4. The van der Waals surface area contributed by atoms with Crippen LogP contribution in [-0.4, -0.2) is 17.5 Å². The van der Waals surface area contributed by atoms with Crippen LogP contribution in [0.5, 0.6) is 5.75 Å². The first-order chi connectivity index (χ1) is 13.8. The summed E-state index contributed by atoms with van der Waals surface area (Å²) in [6, 6.07) is 16.0. The molecule has 0 atom stereocenters. The summed E-state index contributed by atoms with van der Waals surface area (Å²) in [4.78, 5) is 16.6. The molecule has 0 bridgehead atoms. The number of ether oxygens (including phenoxy) is 1. The van der Waals surface area contributed by atoms with Gasteiger partial charge in [0.2, 0.25) is 5.91 Å². The molecular formula is C24H28N2O2S. The van der Waals surface area contributed by atoms with Crippen LogP contribution in [0.3, 0.4) is 0 Å². The second kappa shape index (κ2) is 9.23. The number of carbonyl (C=O) groups is 1. The Morgan fingerprint density at radius 2 is 1.76 bits per heavy atom. The van der Waals surface area contributed by atoms with Gasteiger partial charge in [-0.25, -0.2) is 4.98 Å². The van der Waals surface area contributed by atoms with Gasteiger partial charge in [-0.05, 0) is 48.6 Å². The second-order valence-corrected chi connectivity index (χ2v) is 9.17. The zero-order valence-electron chi connectivity index (χ0n) is 17.5. The molecule has 0 unspecified atom stereocenters. The molecule has 152 valence electrons. The highest BCUT2D eigenvalue weighted by Crippen LogP contribution is 2.25. The lowest BCUT2D eigenvalue weighted by atomic mass is 9.87. The van der Waals surface area contributed by atoms with Gasteiger partial charge in [0.05, 0.1) is 17.3 Å². The molecule has 3 rings (SSSR count). The van der Waals surface area contributed by atoms with Crippen LogP contribution in [0.4, 0.5) is 5.69 Å². The van der Waals surface area contributed by atoms with Gasteiger partial charge in [0.15, 0.2) is 0 Å². The van der Waals surface area contributed by atoms with Crippen LogP contribution >= 0.6 is 11.3 Å². The number of aryl methyl sites for hydroxylation is 1. The van der Waals surface area contributed by atoms with Crippen molar-refractivity contribution in [2.75, 3.05) is 11.9 Å². The molecule has 2 aromatic carbocycles. The van der Waals surface area contributed by atoms with Crippen LogP contribution in [-0.2, 0) is 10.2 Å². The van der Waals surface area contributed by atoms with E-state index in [1.807, 2.05) is 48.7 Å². The van der Waals surface area contributed by atoms with Crippen molar-refractivity contribution >= 4 is 22.9 Å². The molecule has 0 saturated heterocycles. The maximum atomic E-state index is 12.2. The number of hydrogen-bond donors (Lipinski definition) is 1. The molecule has 1 aromatic heterocycles. The summed E-state index contributed by atoms with van der Waals surface area (Å²) in [7, 11) is 0. The third-order valence-corrected chi connectivity index (χ3v) is 5.39. The summed E-state index contributed by atoms with van der Waals surface area (Å²) in [6.07, 6.45) is 1.09. The summed E-state index contributed by atoms with van der Waals surface area (Å²) >= 11 is 1.63. The fourth-order valence-electron chi connectivity index (χ4n) is 2.92. The zero-order chi connectivity index (χ0) is 20.9. The standard InChI is InChI=1S/C24H28N2O2S/c1-17-25-22(16-29-17)18-7-11-20(12-8-18)26-23(27)6-5-15-28-21-13-9-19(10-14-21)24(2,3)4/h7-14,16H,5-6,15H2,1-4H3,(H,26,27). The number of rotatable bonds is 7. The predicted octanol–water partition coefficient (Wildman–Crippen LogP) is 6.21. The molecule has 29 heavy (non-hydrogen) atoms. The van der Waals surface area contributed by atoms with E-state index >= 15 is 0 Å². The van der Waals surface area contributed by atoms with Crippen molar-refractivity contribution in [2.24, 2.45) is 0 Å². The van der Waals surface area contributed by atoms with Crippen LogP contribution in [0.1, 0.15) is 44.2 Å². The number of benzene rings is 2. The molecule has 0 aliphatic heterocycles. The fraction of sp³-hybridized carbons (Fsp3) is 0.333. The number of aromatic nitrogens is 1. The molecule has 5 heteroatoms. The lowest BCUT2D eigenvalue weighted by Gasteiger charge is -2.19. The van der Waals surface area contributed by atoms with Crippen LogP contribution in [0.25, 0.3) is 11.3 Å². The Morgan fingerprint density at radius 1 is 1.07 bits per heavy atom. The summed E-state index contributed by atoms with van der Waals surface area (Å²) < 4.78 is 5.76. The number of nitrogens with zero attached hydrogens (tertiary/aromatic N) is 1. The van der Waals surface area contributed by atoms with Crippen LogP contribution in [0, 0.1) is 6.92 Å². The second-order valence-electron chi connectivity index (χ2n) is 8.10. The maximum Gasteiger partial charge on any atom is 0.224 e. The number of anilines is 1. The Balaban J connectivity index is 1.41. The van der Waals surface area contributed by atoms with Gasteiger partial charge in [0.1, 0.15) is 5.75 Å². The SMILES string of the molecule is Cc1nc(-c2ccc(NC(=O)CCCOc3ccc(C(C)(C)C)cc3)cc2)cs1. The van der Waals surface area contributed by atoms with Crippen molar-refractivity contribution < 1.29 is 9.53 Å². The highest BCUT2D eigenvalue weighted by molar-refractivity contribution is 7.09. The molecule has 0 saturated carbocycles. The largest absolute Gasteiger partial charge is 0.494 e. The maximum absolute atomic E-state index is 12.2. The average molecular weight is 409 g/mol. The first kappa shape index (κ1) is 21.1. The van der Waals surface area contributed by atoms with E-state index in [1.165, 1.54) is 5.56 Å². The molecule has 3 aromatic rings. The van der Waals surface area contributed by atoms with Crippen molar-refractivity contribution in [3.8, 4) is 17.0 Å². The molecule has 0 aliphatic carbocycles. The minimum absolute atomic E-state index is 0.00562. The molecule has 0 spiro atoms. The monoisotopic (exact) mass is 408 g/mol. The Hall–Kier alpha value is -2.66. The number of amides is 1. The van der Waals surface area contributed by atoms with Crippen molar-refractivity contribution in [3.05, 3.63) is 64.5 Å². The van der Waals surface area contributed by atoms with Gasteiger partial charge in [-0.3, -0.25) is 4.79 Å². The van der Waals surface area contributed by atoms with Crippen LogP contribution < -0.4 is 10.1 Å². The summed E-state index contributed by atoms with van der Waals surface area (Å²) in [5.41, 5.74) is 4.23. The predicted molar refractivity (Wildman–Crippen MR) is 121 cm³/mol. The van der Waals surface area contributed by atoms with E-state index in [-0.39, 0.29) is 11.3 Å². The fourth-order valence-corrected chi connectivity index (χ4v) is 3.54. The summed E-state index contributed by atoms with van der Waals surface area (Å²) in [5, 5.41) is 6.02. The molecule has 1 heterocycles. The number of nitrogens with one attached hydrogen (secondary N) is 1. The number of thiazole rings is 1. The quantitative estimate of drug-likeness (QED) is 0.473.